The lowest BCUT2D eigenvalue weighted by Gasteiger charge is -2.26. The van der Waals surface area contributed by atoms with E-state index in [0.717, 1.165) is 30.8 Å². The van der Waals surface area contributed by atoms with Crippen molar-refractivity contribution in [3.05, 3.63) is 59.8 Å². The Bertz CT molecular complexity index is 1160. The molecule has 34 heavy (non-hydrogen) atoms. The number of aromatic amines is 1. The summed E-state index contributed by atoms with van der Waals surface area (Å²) in [5, 5.41) is 8.93. The zero-order valence-electron chi connectivity index (χ0n) is 18.0. The summed E-state index contributed by atoms with van der Waals surface area (Å²) >= 11 is 0. The summed E-state index contributed by atoms with van der Waals surface area (Å²) in [4.78, 5) is 25.2. The number of H-pyrrole nitrogens is 1. The smallest absolute Gasteiger partial charge is 0.436 e. The molecule has 2 heterocycles. The Morgan fingerprint density at radius 2 is 1.74 bits per heavy atom. The number of benzene rings is 2. The first-order valence-electron chi connectivity index (χ1n) is 10.6. The maximum atomic E-state index is 12.3. The molecule has 3 aromatic rings. The predicted molar refractivity (Wildman–Crippen MR) is 114 cm³/mol. The molecule has 1 aliphatic rings. The second-order valence-corrected chi connectivity index (χ2v) is 7.83. The van der Waals surface area contributed by atoms with Crippen molar-refractivity contribution >= 4 is 11.9 Å². The van der Waals surface area contributed by atoms with Gasteiger partial charge < -0.3 is 9.47 Å². The largest absolute Gasteiger partial charge is 0.491 e. The van der Waals surface area contributed by atoms with Crippen LogP contribution in [0.3, 0.4) is 0 Å². The van der Waals surface area contributed by atoms with E-state index < -0.39 is 29.7 Å². The van der Waals surface area contributed by atoms with E-state index in [4.69, 9.17) is 4.74 Å². The fourth-order valence-corrected chi connectivity index (χ4v) is 3.67. The van der Waals surface area contributed by atoms with E-state index in [9.17, 15) is 22.8 Å². The van der Waals surface area contributed by atoms with Crippen LogP contribution in [0.4, 0.5) is 13.2 Å². The highest BCUT2D eigenvalue weighted by molar-refractivity contribution is 5.98. The van der Waals surface area contributed by atoms with Gasteiger partial charge in [-0.05, 0) is 60.8 Å². The molecule has 0 aliphatic carbocycles. The quantitative estimate of drug-likeness (QED) is 0.415. The standard InChI is InChI=1S/C23H21F3N4O4/c24-23(25,26)22(32)34-21(31)19-20(28-29-27-19)33-18-9-7-16(8-10-18)17-6-4-5-15(13-17)14-30-11-2-1-3-12-30/h4-10,13H,1-3,11-12,14H2,(H,27,28,29). The first-order chi connectivity index (χ1) is 16.3. The summed E-state index contributed by atoms with van der Waals surface area (Å²) in [5.74, 6) is -4.41. The van der Waals surface area contributed by atoms with Gasteiger partial charge in [-0.2, -0.15) is 13.2 Å². The second-order valence-electron chi connectivity index (χ2n) is 7.83. The maximum absolute atomic E-state index is 12.3. The molecule has 4 rings (SSSR count). The van der Waals surface area contributed by atoms with E-state index in [1.54, 1.807) is 24.3 Å². The zero-order chi connectivity index (χ0) is 24.1. The van der Waals surface area contributed by atoms with Gasteiger partial charge in [0.1, 0.15) is 5.75 Å². The number of likely N-dealkylation sites (tertiary alicyclic amines) is 1. The molecule has 178 valence electrons. The number of hydrogen-bond donors (Lipinski definition) is 1. The molecule has 2 aromatic carbocycles. The number of hydrogen-bond acceptors (Lipinski definition) is 7. The van der Waals surface area contributed by atoms with Gasteiger partial charge in [0.25, 0.3) is 5.88 Å². The van der Waals surface area contributed by atoms with Crippen molar-refractivity contribution < 1.29 is 32.2 Å². The maximum Gasteiger partial charge on any atom is 0.491 e. The highest BCUT2D eigenvalue weighted by atomic mass is 19.4. The molecule has 0 bridgehead atoms. The molecule has 1 saturated heterocycles. The first kappa shape index (κ1) is 23.4. The van der Waals surface area contributed by atoms with E-state index in [1.807, 2.05) is 12.1 Å². The molecule has 1 fully saturated rings. The number of carbonyl (C=O) groups excluding carboxylic acids is 2. The number of rotatable bonds is 6. The summed E-state index contributed by atoms with van der Waals surface area (Å²) in [7, 11) is 0. The predicted octanol–water partition coefficient (Wildman–Crippen LogP) is 4.50. The van der Waals surface area contributed by atoms with Crippen LogP contribution in [0.5, 0.6) is 11.6 Å². The Balaban J connectivity index is 1.42. The van der Waals surface area contributed by atoms with Crippen LogP contribution in [-0.4, -0.2) is 51.5 Å². The fourth-order valence-electron chi connectivity index (χ4n) is 3.67. The van der Waals surface area contributed by atoms with Crippen LogP contribution in [0.1, 0.15) is 35.3 Å². The van der Waals surface area contributed by atoms with Crippen molar-refractivity contribution in [2.75, 3.05) is 13.1 Å². The van der Waals surface area contributed by atoms with Gasteiger partial charge in [-0.1, -0.05) is 47.1 Å². The van der Waals surface area contributed by atoms with Crippen molar-refractivity contribution in [3.8, 4) is 22.8 Å². The molecule has 1 aromatic heterocycles. The van der Waals surface area contributed by atoms with Gasteiger partial charge in [0.15, 0.2) is 0 Å². The molecule has 0 spiro atoms. The lowest BCUT2D eigenvalue weighted by atomic mass is 10.0. The number of esters is 2. The van der Waals surface area contributed by atoms with Gasteiger partial charge in [-0.25, -0.2) is 14.7 Å². The van der Waals surface area contributed by atoms with Crippen LogP contribution in [0.25, 0.3) is 11.1 Å². The number of nitrogens with zero attached hydrogens (tertiary/aromatic N) is 3. The Morgan fingerprint density at radius 1 is 1.00 bits per heavy atom. The monoisotopic (exact) mass is 474 g/mol. The Kier molecular flexibility index (Phi) is 6.92. The second kappa shape index (κ2) is 10.0. The molecular formula is C23H21F3N4O4. The third-order valence-corrected chi connectivity index (χ3v) is 5.32. The molecule has 1 aliphatic heterocycles. The average Bonchev–Trinajstić information content (AvgIpc) is 3.28. The van der Waals surface area contributed by atoms with E-state index in [-0.39, 0.29) is 5.75 Å². The molecule has 0 unspecified atom stereocenters. The van der Waals surface area contributed by atoms with Crippen molar-refractivity contribution in [2.45, 2.75) is 32.0 Å². The van der Waals surface area contributed by atoms with Crippen molar-refractivity contribution in [1.82, 2.24) is 20.3 Å². The Labute approximate surface area is 192 Å². The number of piperidine rings is 1. The number of alkyl halides is 3. The average molecular weight is 474 g/mol. The van der Waals surface area contributed by atoms with Crippen LogP contribution >= 0.6 is 0 Å². The Morgan fingerprint density at radius 3 is 2.44 bits per heavy atom. The van der Waals surface area contributed by atoms with Gasteiger partial charge in [0.2, 0.25) is 5.69 Å². The minimum atomic E-state index is -5.31. The number of ether oxygens (including phenoxy) is 2. The minimum Gasteiger partial charge on any atom is -0.436 e. The summed E-state index contributed by atoms with van der Waals surface area (Å²) in [6, 6.07) is 15.1. The number of aromatic nitrogens is 3. The molecule has 0 saturated carbocycles. The van der Waals surface area contributed by atoms with Crippen LogP contribution in [0.15, 0.2) is 48.5 Å². The van der Waals surface area contributed by atoms with E-state index in [0.29, 0.717) is 0 Å². The Hall–Kier alpha value is -3.73. The van der Waals surface area contributed by atoms with E-state index in [2.05, 4.69) is 37.2 Å². The summed E-state index contributed by atoms with van der Waals surface area (Å²) in [6.07, 6.45) is -1.58. The zero-order valence-corrected chi connectivity index (χ0v) is 18.0. The van der Waals surface area contributed by atoms with Crippen molar-refractivity contribution in [3.63, 3.8) is 0 Å². The number of nitrogens with one attached hydrogen (secondary N) is 1. The normalized spacial score (nSPS) is 14.6. The minimum absolute atomic E-state index is 0.262. The highest BCUT2D eigenvalue weighted by Crippen LogP contribution is 2.28. The van der Waals surface area contributed by atoms with Gasteiger partial charge in [0, 0.05) is 6.54 Å². The molecule has 0 atom stereocenters. The molecule has 0 amide bonds. The van der Waals surface area contributed by atoms with Crippen LogP contribution in [0, 0.1) is 0 Å². The lowest BCUT2D eigenvalue weighted by Crippen LogP contribution is -2.29. The van der Waals surface area contributed by atoms with Gasteiger partial charge >= 0.3 is 18.1 Å². The van der Waals surface area contributed by atoms with Crippen LogP contribution in [-0.2, 0) is 16.1 Å². The third-order valence-electron chi connectivity index (χ3n) is 5.32. The molecular weight excluding hydrogens is 453 g/mol. The molecule has 0 radical (unpaired) electrons. The summed E-state index contributed by atoms with van der Waals surface area (Å²) < 4.78 is 46.2. The van der Waals surface area contributed by atoms with Gasteiger partial charge in [-0.3, -0.25) is 4.90 Å². The van der Waals surface area contributed by atoms with E-state index in [1.165, 1.54) is 24.8 Å². The van der Waals surface area contributed by atoms with Crippen LogP contribution < -0.4 is 4.74 Å². The SMILES string of the molecule is O=C(OC(=O)C(F)(F)F)c1[nH]nnc1Oc1ccc(-c2cccc(CN3CCCCC3)c2)cc1. The van der Waals surface area contributed by atoms with Crippen molar-refractivity contribution in [1.29, 1.82) is 0 Å². The highest BCUT2D eigenvalue weighted by Gasteiger charge is 2.43. The molecule has 11 heteroatoms. The molecule has 1 N–H and O–H groups in total. The van der Waals surface area contributed by atoms with Gasteiger partial charge in [0.05, 0.1) is 0 Å². The van der Waals surface area contributed by atoms with Gasteiger partial charge in [-0.15, -0.1) is 0 Å². The molecule has 8 nitrogen and oxygen atoms in total. The number of carbonyl (C=O) groups is 2. The number of halogens is 3. The summed E-state index contributed by atoms with van der Waals surface area (Å²) in [5.41, 5.74) is 2.56. The third kappa shape index (κ3) is 5.79. The first-order valence-corrected chi connectivity index (χ1v) is 10.6. The van der Waals surface area contributed by atoms with Crippen molar-refractivity contribution in [2.24, 2.45) is 0 Å². The van der Waals surface area contributed by atoms with E-state index >= 15 is 0 Å². The van der Waals surface area contributed by atoms with Crippen LogP contribution in [0.2, 0.25) is 0 Å². The fraction of sp³-hybridized carbons (Fsp3) is 0.304. The summed E-state index contributed by atoms with van der Waals surface area (Å²) in [6.45, 7) is 3.12. The topological polar surface area (TPSA) is 97.4 Å². The lowest BCUT2D eigenvalue weighted by molar-refractivity contribution is -0.193.